The van der Waals surface area contributed by atoms with Crippen LogP contribution in [-0.2, 0) is 16.0 Å². The highest BCUT2D eigenvalue weighted by Gasteiger charge is 2.76. The van der Waals surface area contributed by atoms with Gasteiger partial charge in [0.1, 0.15) is 12.1 Å². The lowest BCUT2D eigenvalue weighted by atomic mass is 9.84. The Kier molecular flexibility index (Phi) is 5.21. The van der Waals surface area contributed by atoms with Crippen LogP contribution in [-0.4, -0.2) is 92.3 Å². The monoisotopic (exact) mass is 485 g/mol. The Morgan fingerprint density at radius 1 is 1.29 bits per heavy atom. The van der Waals surface area contributed by atoms with Crippen LogP contribution in [0.25, 0.3) is 0 Å². The molecular weight excluding hydrogens is 456 g/mol. The second-order valence-corrected chi connectivity index (χ2v) is 9.30. The van der Waals surface area contributed by atoms with Crippen LogP contribution in [0.5, 0.6) is 0 Å². The number of aryl methyl sites for hydroxylation is 1. The van der Waals surface area contributed by atoms with E-state index in [9.17, 15) is 24.6 Å². The molecule has 1 aromatic carbocycles. The van der Waals surface area contributed by atoms with Crippen LogP contribution in [0.3, 0.4) is 0 Å². The second kappa shape index (κ2) is 7.92. The predicted molar refractivity (Wildman–Crippen MR) is 122 cm³/mol. The molecule has 0 aliphatic carbocycles. The zero-order chi connectivity index (χ0) is 25.1. The fourth-order valence-corrected chi connectivity index (χ4v) is 5.51. The second-order valence-electron chi connectivity index (χ2n) is 9.30. The minimum Gasteiger partial charge on any atom is -0.370 e. The van der Waals surface area contributed by atoms with E-state index in [0.717, 1.165) is 16.9 Å². The molecule has 1 aromatic rings. The number of aliphatic hydroxyl groups is 2. The molecule has 4 aliphatic heterocycles. The Balaban J connectivity index is 1.46. The number of likely N-dealkylation sites (tertiary alicyclic amines) is 1. The van der Waals surface area contributed by atoms with E-state index in [-0.39, 0.29) is 49.7 Å². The zero-order valence-corrected chi connectivity index (χ0v) is 19.2. The highest BCUT2D eigenvalue weighted by molar-refractivity contribution is 6.02. The summed E-state index contributed by atoms with van der Waals surface area (Å²) in [5.41, 5.74) is 11.9. The minimum absolute atomic E-state index is 0.0356. The van der Waals surface area contributed by atoms with Crippen LogP contribution in [0.1, 0.15) is 35.7 Å². The molecule has 186 valence electrons. The maximum Gasteiger partial charge on any atom is 0.343 e. The quantitative estimate of drug-likeness (QED) is 0.158. The molecule has 1 unspecified atom stereocenters. The molecule has 5 rings (SSSR count). The summed E-state index contributed by atoms with van der Waals surface area (Å²) in [7, 11) is 0. The number of guanidine groups is 2. The van der Waals surface area contributed by atoms with Crippen molar-refractivity contribution in [2.24, 2.45) is 16.5 Å². The molecule has 3 amide bonds. The summed E-state index contributed by atoms with van der Waals surface area (Å²) >= 11 is 0. The largest absolute Gasteiger partial charge is 0.370 e. The van der Waals surface area contributed by atoms with E-state index in [0.29, 0.717) is 5.56 Å². The smallest absolute Gasteiger partial charge is 0.343 e. The van der Waals surface area contributed by atoms with Gasteiger partial charge < -0.3 is 21.3 Å². The lowest BCUT2D eigenvalue weighted by Crippen LogP contribution is -2.90. The number of carbonyl (C=O) groups is 3. The maximum absolute atomic E-state index is 13.0. The fraction of sp³-hybridized carbons (Fsp3) is 0.500. The molecule has 0 radical (unpaired) electrons. The Bertz CT molecular complexity index is 1150. The fourth-order valence-electron chi connectivity index (χ4n) is 5.51. The maximum atomic E-state index is 13.0. The Hall–Kier alpha value is -3.71. The Morgan fingerprint density at radius 3 is 2.69 bits per heavy atom. The van der Waals surface area contributed by atoms with Gasteiger partial charge in [0.15, 0.2) is 12.0 Å². The van der Waals surface area contributed by atoms with Gasteiger partial charge in [-0.2, -0.15) is 0 Å². The van der Waals surface area contributed by atoms with Gasteiger partial charge in [-0.05, 0) is 24.1 Å². The predicted octanol–water partition coefficient (Wildman–Crippen LogP) is -4.75. The van der Waals surface area contributed by atoms with Crippen LogP contribution in [0.15, 0.2) is 29.3 Å². The number of benzene rings is 1. The molecule has 0 saturated carbocycles. The summed E-state index contributed by atoms with van der Waals surface area (Å²) in [6.45, 7) is 1.80. The van der Waals surface area contributed by atoms with Gasteiger partial charge in [-0.1, -0.05) is 19.1 Å². The normalized spacial score (nSPS) is 31.0. The Morgan fingerprint density at radius 2 is 2.00 bits per heavy atom. The van der Waals surface area contributed by atoms with E-state index < -0.39 is 35.5 Å². The molecule has 0 bridgehead atoms. The van der Waals surface area contributed by atoms with Crippen molar-refractivity contribution in [2.75, 3.05) is 13.1 Å². The van der Waals surface area contributed by atoms with E-state index in [1.165, 1.54) is 4.90 Å². The van der Waals surface area contributed by atoms with Crippen LogP contribution < -0.4 is 27.1 Å². The van der Waals surface area contributed by atoms with Gasteiger partial charge in [0.05, 0.1) is 13.1 Å². The van der Waals surface area contributed by atoms with Crippen LogP contribution >= 0.6 is 0 Å². The van der Waals surface area contributed by atoms with Gasteiger partial charge in [-0.3, -0.25) is 34.9 Å². The summed E-state index contributed by atoms with van der Waals surface area (Å²) in [6, 6.07) is 4.18. The van der Waals surface area contributed by atoms with Crippen LogP contribution in [0.4, 0.5) is 0 Å². The summed E-state index contributed by atoms with van der Waals surface area (Å²) in [6.07, 6.45) is 0.974. The average molecular weight is 486 g/mol. The molecule has 4 heterocycles. The highest BCUT2D eigenvalue weighted by atomic mass is 16.5. The van der Waals surface area contributed by atoms with Gasteiger partial charge >= 0.3 is 5.96 Å². The van der Waals surface area contributed by atoms with E-state index in [1.807, 2.05) is 13.0 Å². The SMILES string of the molecule is CCc1cccc(C(=O)NC2CN3C(N)=N[C@@H](CN4C(=O)CCC4=O)[C@@H]4[NH+]=C(N)N[C@@]43C2(O)O)c1. The molecule has 9 N–H and O–H groups in total. The van der Waals surface area contributed by atoms with Crippen molar-refractivity contribution in [1.82, 2.24) is 20.4 Å². The molecule has 13 nitrogen and oxygen atoms in total. The van der Waals surface area contributed by atoms with Crippen molar-refractivity contribution in [3.8, 4) is 0 Å². The topological polar surface area (TPSA) is 201 Å². The van der Waals surface area contributed by atoms with Crippen molar-refractivity contribution >= 4 is 29.6 Å². The number of nitrogens with zero attached hydrogens (tertiary/aromatic N) is 3. The molecular formula is C22H29N8O5+. The Labute approximate surface area is 200 Å². The van der Waals surface area contributed by atoms with E-state index in [2.05, 4.69) is 20.6 Å². The zero-order valence-electron chi connectivity index (χ0n) is 19.2. The van der Waals surface area contributed by atoms with Gasteiger partial charge in [0.2, 0.25) is 17.6 Å². The van der Waals surface area contributed by atoms with Crippen molar-refractivity contribution in [3.05, 3.63) is 35.4 Å². The number of nitrogens with two attached hydrogens (primary N) is 2. The van der Waals surface area contributed by atoms with Gasteiger partial charge in [0.25, 0.3) is 11.6 Å². The number of aliphatic imine (C=N–C) groups is 1. The third kappa shape index (κ3) is 3.33. The lowest BCUT2D eigenvalue weighted by Gasteiger charge is -2.46. The molecule has 0 aromatic heterocycles. The summed E-state index contributed by atoms with van der Waals surface area (Å²) in [4.78, 5) is 47.4. The van der Waals surface area contributed by atoms with E-state index in [4.69, 9.17) is 11.5 Å². The third-order valence-corrected chi connectivity index (χ3v) is 7.31. The highest BCUT2D eigenvalue weighted by Crippen LogP contribution is 2.41. The molecule has 4 atom stereocenters. The first kappa shape index (κ1) is 23.1. The number of hydrogen-bond donors (Lipinski definition) is 7. The molecule has 4 aliphatic rings. The molecule has 1 spiro atoms. The number of hydrogen-bond acceptors (Lipinski definition) is 10. The number of amides is 3. The van der Waals surface area contributed by atoms with Crippen molar-refractivity contribution in [2.45, 2.75) is 55.8 Å². The minimum atomic E-state index is -2.57. The van der Waals surface area contributed by atoms with Crippen molar-refractivity contribution in [3.63, 3.8) is 0 Å². The molecule has 2 saturated heterocycles. The number of nitrogens with one attached hydrogen (secondary N) is 3. The third-order valence-electron chi connectivity index (χ3n) is 7.31. The first-order chi connectivity index (χ1) is 16.6. The molecule has 13 heteroatoms. The standard InChI is InChI=1S/C22H28N8O5/c1-2-11-4-3-5-12(8-11)18(33)26-14-10-30-20(24)25-13(9-29-15(31)6-7-16(29)32)17-21(30,22(14,34)35)28-19(23)27-17/h3-5,8,13-14,17,34-35H,2,6-7,9-10H2,1H3,(H2,24,25)(H,26,33)(H3,23,27,28)/p+1/t13-,14?,17-,21-/m0/s1. The van der Waals surface area contributed by atoms with Crippen molar-refractivity contribution in [1.29, 1.82) is 0 Å². The number of imide groups is 1. The number of carbonyl (C=O) groups excluding carboxylic acids is 3. The van der Waals surface area contributed by atoms with E-state index in [1.54, 1.807) is 18.2 Å². The summed E-state index contributed by atoms with van der Waals surface area (Å²) < 4.78 is 0. The van der Waals surface area contributed by atoms with Crippen LogP contribution in [0.2, 0.25) is 0 Å². The van der Waals surface area contributed by atoms with Crippen LogP contribution in [0, 0.1) is 0 Å². The molecule has 2 fully saturated rings. The lowest BCUT2D eigenvalue weighted by molar-refractivity contribution is -0.521. The number of rotatable bonds is 5. The molecule has 35 heavy (non-hydrogen) atoms. The summed E-state index contributed by atoms with van der Waals surface area (Å²) in [5, 5.41) is 28.6. The first-order valence-electron chi connectivity index (χ1n) is 11.5. The van der Waals surface area contributed by atoms with Gasteiger partial charge in [-0.25, -0.2) is 10.3 Å². The average Bonchev–Trinajstić information content (AvgIpc) is 3.42. The van der Waals surface area contributed by atoms with Gasteiger partial charge in [-0.15, -0.1) is 0 Å². The first-order valence-corrected chi connectivity index (χ1v) is 11.5. The summed E-state index contributed by atoms with van der Waals surface area (Å²) in [5.74, 6) is -3.69. The van der Waals surface area contributed by atoms with E-state index >= 15 is 0 Å². The van der Waals surface area contributed by atoms with Gasteiger partial charge in [0, 0.05) is 18.4 Å². The van der Waals surface area contributed by atoms with Crippen molar-refractivity contribution < 1.29 is 29.6 Å².